The summed E-state index contributed by atoms with van der Waals surface area (Å²) in [6.45, 7) is 6.66. The van der Waals surface area contributed by atoms with Crippen LogP contribution in [-0.4, -0.2) is 70.0 Å². The van der Waals surface area contributed by atoms with Crippen molar-refractivity contribution in [1.82, 2.24) is 14.8 Å². The van der Waals surface area contributed by atoms with Gasteiger partial charge in [0.05, 0.1) is 11.6 Å². The molecule has 3 aliphatic rings. The number of hydrogen-bond donors (Lipinski definition) is 2. The molecule has 2 aromatic rings. The number of nitrogens with one attached hydrogen (secondary N) is 1. The number of benzene rings is 1. The molecule has 5 rings (SSSR count). The third-order valence-electron chi connectivity index (χ3n) is 7.66. The van der Waals surface area contributed by atoms with Crippen LogP contribution in [0.4, 0.5) is 10.2 Å². The lowest BCUT2D eigenvalue weighted by Gasteiger charge is -2.39. The Morgan fingerprint density at radius 1 is 1.32 bits per heavy atom. The predicted octanol–water partition coefficient (Wildman–Crippen LogP) is 4.47. The Kier molecular flexibility index (Phi) is 6.98. The highest BCUT2D eigenvalue weighted by atomic mass is 35.5. The Hall–Kier alpha value is -3.33. The lowest BCUT2D eigenvalue weighted by Crippen LogP contribution is -2.57. The molecular weight excluding hydrogens is 499 g/mol. The number of carbonyl (C=O) groups excluding carboxylic acids is 2. The molecule has 1 aromatic heterocycles. The number of hydrogen-bond acceptors (Lipinski definition) is 6. The largest absolute Gasteiger partial charge is 0.507 e. The van der Waals surface area contributed by atoms with Crippen molar-refractivity contribution in [3.05, 3.63) is 47.3 Å². The van der Waals surface area contributed by atoms with E-state index >= 15 is 0 Å². The molecule has 1 aromatic carbocycles. The summed E-state index contributed by atoms with van der Waals surface area (Å²) in [5, 5.41) is 13.8. The molecule has 2 amide bonds. The summed E-state index contributed by atoms with van der Waals surface area (Å²) in [6, 6.07) is 3.55. The smallest absolute Gasteiger partial charge is 0.261 e. The Morgan fingerprint density at radius 2 is 2.08 bits per heavy atom. The number of piperazine rings is 1. The van der Waals surface area contributed by atoms with Crippen LogP contribution in [0.25, 0.3) is 11.3 Å². The number of aromatic nitrogens is 1. The lowest BCUT2D eigenvalue weighted by molar-refractivity contribution is -0.128. The van der Waals surface area contributed by atoms with Crippen LogP contribution in [0.15, 0.2) is 30.9 Å². The van der Waals surface area contributed by atoms with Gasteiger partial charge >= 0.3 is 0 Å². The first-order valence-corrected chi connectivity index (χ1v) is 13.0. The van der Waals surface area contributed by atoms with Crippen LogP contribution in [0.1, 0.15) is 43.0 Å². The zero-order chi connectivity index (χ0) is 26.3. The molecule has 2 atom stereocenters. The fourth-order valence-corrected chi connectivity index (χ4v) is 5.89. The highest BCUT2D eigenvalue weighted by molar-refractivity contribution is 6.35. The number of anilines is 1. The van der Waals surface area contributed by atoms with Crippen molar-refractivity contribution in [2.75, 3.05) is 31.6 Å². The number of pyridine rings is 1. The third kappa shape index (κ3) is 4.61. The number of ether oxygens (including phenoxy) is 1. The Balaban J connectivity index is 1.61. The van der Waals surface area contributed by atoms with E-state index in [-0.39, 0.29) is 70.2 Å². The second-order valence-electron chi connectivity index (χ2n) is 9.89. The van der Waals surface area contributed by atoms with Crippen LogP contribution < -0.4 is 10.1 Å². The summed E-state index contributed by atoms with van der Waals surface area (Å²) in [5.41, 5.74) is 0.0151. The van der Waals surface area contributed by atoms with Gasteiger partial charge in [0.1, 0.15) is 40.3 Å². The number of fused-ring (bicyclic) bond motifs is 2. The Labute approximate surface area is 220 Å². The highest BCUT2D eigenvalue weighted by Gasteiger charge is 2.40. The second kappa shape index (κ2) is 10.2. The van der Waals surface area contributed by atoms with Crippen molar-refractivity contribution in [3.63, 3.8) is 0 Å². The van der Waals surface area contributed by atoms with Crippen LogP contribution in [0.3, 0.4) is 0 Å². The number of phenols is 1. The van der Waals surface area contributed by atoms with E-state index in [0.717, 1.165) is 25.7 Å². The SMILES string of the molecule is C=CC(=O)N1CCN2C(=O)c3c(NC(C)C4CCCC4)nc(-c4c(O)cccc4F)c(Cl)c3OC[C@H]2C1. The van der Waals surface area contributed by atoms with E-state index in [0.29, 0.717) is 19.0 Å². The molecule has 2 aliphatic heterocycles. The van der Waals surface area contributed by atoms with Gasteiger partial charge in [-0.2, -0.15) is 0 Å². The maximum absolute atomic E-state index is 14.9. The van der Waals surface area contributed by atoms with Gasteiger partial charge in [-0.15, -0.1) is 0 Å². The standard InChI is InChI=1S/C27H30ClFN4O4/c1-3-20(35)32-11-12-33-17(13-32)14-37-25-22(27(33)36)26(30-15(2)16-7-4-5-8-16)31-24(23(25)28)21-18(29)9-6-10-19(21)34/h3,6,9-10,15-17,34H,1,4-5,7-8,11-14H2,2H3,(H,30,31)/t15?,17-/m1/s1. The molecule has 0 spiro atoms. The van der Waals surface area contributed by atoms with Gasteiger partial charge in [-0.1, -0.05) is 37.1 Å². The summed E-state index contributed by atoms with van der Waals surface area (Å²) in [5.74, 6) is -0.800. The Bertz CT molecular complexity index is 1230. The van der Waals surface area contributed by atoms with Gasteiger partial charge in [0.15, 0.2) is 5.75 Å². The van der Waals surface area contributed by atoms with E-state index in [1.54, 1.807) is 9.80 Å². The molecule has 1 unspecified atom stereocenters. The molecular formula is C27H30ClFN4O4. The summed E-state index contributed by atoms with van der Waals surface area (Å²) >= 11 is 6.74. The zero-order valence-corrected chi connectivity index (χ0v) is 21.4. The van der Waals surface area contributed by atoms with E-state index < -0.39 is 11.9 Å². The molecule has 3 heterocycles. The number of amides is 2. The molecule has 2 N–H and O–H groups in total. The molecule has 2 fully saturated rings. The predicted molar refractivity (Wildman–Crippen MR) is 138 cm³/mol. The molecule has 8 nitrogen and oxygen atoms in total. The average molecular weight is 529 g/mol. The van der Waals surface area contributed by atoms with E-state index in [1.807, 2.05) is 6.92 Å². The first-order valence-electron chi connectivity index (χ1n) is 12.6. The molecule has 37 heavy (non-hydrogen) atoms. The minimum absolute atomic E-state index is 0.00347. The quantitative estimate of drug-likeness (QED) is 0.556. The first-order chi connectivity index (χ1) is 17.8. The summed E-state index contributed by atoms with van der Waals surface area (Å²) in [7, 11) is 0. The monoisotopic (exact) mass is 528 g/mol. The molecule has 1 aliphatic carbocycles. The minimum Gasteiger partial charge on any atom is -0.507 e. The summed E-state index contributed by atoms with van der Waals surface area (Å²) in [6.07, 6.45) is 5.68. The van der Waals surface area contributed by atoms with Gasteiger partial charge in [-0.3, -0.25) is 9.59 Å². The molecule has 196 valence electrons. The number of aromatic hydroxyl groups is 1. The van der Waals surface area contributed by atoms with Crippen molar-refractivity contribution < 1.29 is 23.8 Å². The molecule has 1 saturated heterocycles. The average Bonchev–Trinajstić information content (AvgIpc) is 3.39. The van der Waals surface area contributed by atoms with Gasteiger partial charge in [-0.05, 0) is 43.9 Å². The number of rotatable bonds is 5. The molecule has 0 radical (unpaired) electrons. The number of phenolic OH excluding ortho intramolecular Hbond substituents is 1. The van der Waals surface area contributed by atoms with E-state index in [2.05, 4.69) is 16.9 Å². The molecule has 0 bridgehead atoms. The summed E-state index contributed by atoms with van der Waals surface area (Å²) < 4.78 is 21.0. The van der Waals surface area contributed by atoms with Crippen molar-refractivity contribution in [2.45, 2.75) is 44.7 Å². The normalized spacial score (nSPS) is 20.5. The third-order valence-corrected chi connectivity index (χ3v) is 8.01. The number of halogens is 2. The minimum atomic E-state index is -0.694. The first kappa shape index (κ1) is 25.3. The topological polar surface area (TPSA) is 95.0 Å². The van der Waals surface area contributed by atoms with E-state index in [9.17, 15) is 19.1 Å². The summed E-state index contributed by atoms with van der Waals surface area (Å²) in [4.78, 5) is 34.1. The van der Waals surface area contributed by atoms with Crippen LogP contribution >= 0.6 is 11.6 Å². The van der Waals surface area contributed by atoms with Crippen molar-refractivity contribution in [1.29, 1.82) is 0 Å². The van der Waals surface area contributed by atoms with Crippen LogP contribution in [0.2, 0.25) is 5.02 Å². The second-order valence-corrected chi connectivity index (χ2v) is 10.3. The van der Waals surface area contributed by atoms with Gasteiger partial charge in [0, 0.05) is 25.7 Å². The Morgan fingerprint density at radius 3 is 2.78 bits per heavy atom. The van der Waals surface area contributed by atoms with Gasteiger partial charge in [-0.25, -0.2) is 9.37 Å². The number of carbonyl (C=O) groups is 2. The maximum atomic E-state index is 14.9. The van der Waals surface area contributed by atoms with Crippen molar-refractivity contribution in [3.8, 4) is 22.8 Å². The van der Waals surface area contributed by atoms with Gasteiger partial charge in [0.25, 0.3) is 5.91 Å². The lowest BCUT2D eigenvalue weighted by atomic mass is 9.99. The van der Waals surface area contributed by atoms with Crippen LogP contribution in [0, 0.1) is 11.7 Å². The fourth-order valence-electron chi connectivity index (χ4n) is 5.60. The fraction of sp³-hybridized carbons (Fsp3) is 0.444. The van der Waals surface area contributed by atoms with Crippen LogP contribution in [0.5, 0.6) is 11.5 Å². The maximum Gasteiger partial charge on any atom is 0.261 e. The van der Waals surface area contributed by atoms with Crippen molar-refractivity contribution in [2.24, 2.45) is 5.92 Å². The zero-order valence-electron chi connectivity index (χ0n) is 20.7. The van der Waals surface area contributed by atoms with E-state index in [4.69, 9.17) is 16.3 Å². The van der Waals surface area contributed by atoms with Gasteiger partial charge in [0.2, 0.25) is 5.91 Å². The van der Waals surface area contributed by atoms with Crippen LogP contribution in [-0.2, 0) is 4.79 Å². The highest BCUT2D eigenvalue weighted by Crippen LogP contribution is 2.45. The van der Waals surface area contributed by atoms with Crippen molar-refractivity contribution >= 4 is 29.2 Å². The van der Waals surface area contributed by atoms with E-state index in [1.165, 1.54) is 24.3 Å². The number of nitrogens with zero attached hydrogens (tertiary/aromatic N) is 3. The van der Waals surface area contributed by atoms with Gasteiger partial charge < -0.3 is 25.0 Å². The molecule has 10 heteroatoms. The molecule has 1 saturated carbocycles.